The molecule has 1 heterocycles. The molecule has 0 bridgehead atoms. The molecule has 0 fully saturated rings. The second kappa shape index (κ2) is 7.31. The summed E-state index contributed by atoms with van der Waals surface area (Å²) in [5, 5.41) is 4.18. The van der Waals surface area contributed by atoms with E-state index in [9.17, 15) is 9.59 Å². The summed E-state index contributed by atoms with van der Waals surface area (Å²) >= 11 is 0. The molecule has 6 aromatic rings. The minimum atomic E-state index is -0.686. The summed E-state index contributed by atoms with van der Waals surface area (Å²) in [7, 11) is 0. The van der Waals surface area contributed by atoms with Gasteiger partial charge in [-0.3, -0.25) is 4.79 Å². The average molecular weight is 429 g/mol. The minimum Gasteiger partial charge on any atom is -0.407 e. The normalized spacial score (nSPS) is 11.4. The number of carbonyl (C=O) groups is 1. The zero-order valence-electron chi connectivity index (χ0n) is 17.9. The summed E-state index contributed by atoms with van der Waals surface area (Å²) in [6, 6.07) is 31.0. The highest BCUT2D eigenvalue weighted by atomic mass is 16.4. The maximum absolute atomic E-state index is 13.9. The minimum absolute atomic E-state index is 0.388. The van der Waals surface area contributed by atoms with Crippen LogP contribution in [0.5, 0.6) is 0 Å². The maximum atomic E-state index is 13.9. The third-order valence-corrected chi connectivity index (χ3v) is 6.26. The smallest absolute Gasteiger partial charge is 0.407 e. The van der Waals surface area contributed by atoms with Crippen molar-refractivity contribution >= 4 is 38.6 Å². The van der Waals surface area contributed by atoms with E-state index < -0.39 is 11.7 Å². The molecular weight excluding hydrogens is 410 g/mol. The van der Waals surface area contributed by atoms with Gasteiger partial charge in [0.25, 0.3) is 5.91 Å². The molecule has 4 nitrogen and oxygen atoms in total. The predicted octanol–water partition coefficient (Wildman–Crippen LogP) is 6.56. The van der Waals surface area contributed by atoms with E-state index in [-0.39, 0.29) is 0 Å². The summed E-state index contributed by atoms with van der Waals surface area (Å²) in [6.45, 7) is 2.08. The van der Waals surface area contributed by atoms with Crippen molar-refractivity contribution in [3.05, 3.63) is 119 Å². The summed E-state index contributed by atoms with van der Waals surface area (Å²) in [5.41, 5.74) is 4.24. The molecule has 0 amide bonds. The highest BCUT2D eigenvalue weighted by Gasteiger charge is 2.23. The number of fused-ring (bicyclic) bond motifs is 3. The largest absolute Gasteiger partial charge is 0.427 e. The standard InChI is InChI=1S/C29H19NO3/c1-18-14-16-23(22-11-5-4-9-20(18)22)27-21-10-3-2-8-19(21)15-17-24(27)28(31)30-25-12-6-7-13-26(25)33-29(30)32/h2-17H,1H3. The first-order chi connectivity index (χ1) is 16.1. The van der Waals surface area contributed by atoms with E-state index in [1.165, 1.54) is 5.56 Å². The van der Waals surface area contributed by atoms with Crippen molar-refractivity contribution in [1.82, 2.24) is 4.57 Å². The van der Waals surface area contributed by atoms with Gasteiger partial charge in [0.05, 0.1) is 5.52 Å². The number of benzene rings is 5. The van der Waals surface area contributed by atoms with E-state index in [1.807, 2.05) is 48.5 Å². The number of para-hydroxylation sites is 2. The fourth-order valence-electron chi connectivity index (χ4n) is 4.69. The fourth-order valence-corrected chi connectivity index (χ4v) is 4.69. The third kappa shape index (κ3) is 2.92. The van der Waals surface area contributed by atoms with Crippen molar-refractivity contribution in [2.45, 2.75) is 6.92 Å². The van der Waals surface area contributed by atoms with E-state index >= 15 is 0 Å². The molecule has 1 aromatic heterocycles. The Morgan fingerprint density at radius 1 is 0.727 bits per heavy atom. The van der Waals surface area contributed by atoms with E-state index in [4.69, 9.17) is 4.42 Å². The molecule has 0 N–H and O–H groups in total. The quantitative estimate of drug-likeness (QED) is 0.313. The Labute approximate surface area is 189 Å². The van der Waals surface area contributed by atoms with Crippen molar-refractivity contribution in [2.24, 2.45) is 0 Å². The first-order valence-corrected chi connectivity index (χ1v) is 10.8. The van der Waals surface area contributed by atoms with Crippen LogP contribution >= 0.6 is 0 Å². The Bertz CT molecular complexity index is 1770. The maximum Gasteiger partial charge on any atom is 0.427 e. The van der Waals surface area contributed by atoms with Gasteiger partial charge in [-0.15, -0.1) is 0 Å². The Morgan fingerprint density at radius 2 is 1.42 bits per heavy atom. The zero-order valence-corrected chi connectivity index (χ0v) is 17.9. The first-order valence-electron chi connectivity index (χ1n) is 10.8. The molecule has 0 unspecified atom stereocenters. The number of rotatable bonds is 2. The third-order valence-electron chi connectivity index (χ3n) is 6.26. The number of oxazole rings is 1. The van der Waals surface area contributed by atoms with Gasteiger partial charge in [-0.2, -0.15) is 0 Å². The molecule has 5 aromatic carbocycles. The summed E-state index contributed by atoms with van der Waals surface area (Å²) in [5.74, 6) is -1.09. The van der Waals surface area contributed by atoms with E-state index in [1.54, 1.807) is 24.3 Å². The number of aryl methyl sites for hydroxylation is 1. The Hall–Kier alpha value is -4.44. The van der Waals surface area contributed by atoms with Gasteiger partial charge in [-0.1, -0.05) is 78.9 Å². The van der Waals surface area contributed by atoms with E-state index in [0.29, 0.717) is 16.7 Å². The molecule has 0 atom stereocenters. The second-order valence-corrected chi connectivity index (χ2v) is 8.16. The zero-order chi connectivity index (χ0) is 22.5. The predicted molar refractivity (Wildman–Crippen MR) is 132 cm³/mol. The highest BCUT2D eigenvalue weighted by Crippen LogP contribution is 2.38. The molecule has 0 aliphatic heterocycles. The van der Waals surface area contributed by atoms with Crippen molar-refractivity contribution < 1.29 is 9.21 Å². The lowest BCUT2D eigenvalue weighted by Crippen LogP contribution is -2.23. The molecule has 4 heteroatoms. The lowest BCUT2D eigenvalue weighted by atomic mass is 9.88. The number of carbonyl (C=O) groups excluding carboxylic acids is 1. The summed E-state index contributed by atoms with van der Waals surface area (Å²) in [6.07, 6.45) is 0. The van der Waals surface area contributed by atoms with Crippen LogP contribution in [0.25, 0.3) is 43.8 Å². The van der Waals surface area contributed by atoms with Crippen LogP contribution in [0, 0.1) is 6.92 Å². The van der Waals surface area contributed by atoms with Gasteiger partial charge in [-0.05, 0) is 57.8 Å². The fraction of sp³-hybridized carbons (Fsp3) is 0.0345. The lowest BCUT2D eigenvalue weighted by molar-refractivity contribution is 0.0957. The molecule has 0 aliphatic rings. The van der Waals surface area contributed by atoms with Gasteiger partial charge >= 0.3 is 5.76 Å². The van der Waals surface area contributed by atoms with Gasteiger partial charge < -0.3 is 4.42 Å². The van der Waals surface area contributed by atoms with Crippen LogP contribution in [-0.4, -0.2) is 10.5 Å². The molecule has 0 aliphatic carbocycles. The van der Waals surface area contributed by atoms with Crippen molar-refractivity contribution in [3.8, 4) is 11.1 Å². The van der Waals surface area contributed by atoms with Gasteiger partial charge in [0.2, 0.25) is 0 Å². The molecule has 0 spiro atoms. The van der Waals surface area contributed by atoms with Crippen molar-refractivity contribution in [3.63, 3.8) is 0 Å². The molecule has 0 saturated heterocycles. The number of nitrogens with zero attached hydrogens (tertiary/aromatic N) is 1. The van der Waals surface area contributed by atoms with Crippen LogP contribution < -0.4 is 5.76 Å². The second-order valence-electron chi connectivity index (χ2n) is 8.16. The lowest BCUT2D eigenvalue weighted by Gasteiger charge is -2.16. The number of hydrogen-bond acceptors (Lipinski definition) is 3. The highest BCUT2D eigenvalue weighted by molar-refractivity contribution is 6.15. The van der Waals surface area contributed by atoms with Gasteiger partial charge in [-0.25, -0.2) is 9.36 Å². The molecule has 158 valence electrons. The van der Waals surface area contributed by atoms with Crippen LogP contribution in [0.2, 0.25) is 0 Å². The molecular formula is C29H19NO3. The molecule has 0 radical (unpaired) electrons. The van der Waals surface area contributed by atoms with E-state index in [0.717, 1.165) is 37.2 Å². The van der Waals surface area contributed by atoms with Gasteiger partial charge in [0.1, 0.15) is 0 Å². The van der Waals surface area contributed by atoms with Crippen LogP contribution in [0.3, 0.4) is 0 Å². The summed E-state index contributed by atoms with van der Waals surface area (Å²) in [4.78, 5) is 26.6. The van der Waals surface area contributed by atoms with Gasteiger partial charge in [0, 0.05) is 11.1 Å². The molecule has 33 heavy (non-hydrogen) atoms. The molecule has 0 saturated carbocycles. The van der Waals surface area contributed by atoms with Crippen molar-refractivity contribution in [2.75, 3.05) is 0 Å². The first kappa shape index (κ1) is 19.3. The van der Waals surface area contributed by atoms with Crippen LogP contribution in [0.1, 0.15) is 15.9 Å². The Morgan fingerprint density at radius 3 is 2.27 bits per heavy atom. The van der Waals surface area contributed by atoms with Crippen molar-refractivity contribution in [1.29, 1.82) is 0 Å². The molecule has 6 rings (SSSR count). The van der Waals surface area contributed by atoms with E-state index in [2.05, 4.69) is 31.2 Å². The Balaban J connectivity index is 1.72. The average Bonchev–Trinajstić information content (AvgIpc) is 3.19. The number of hydrogen-bond donors (Lipinski definition) is 0. The summed E-state index contributed by atoms with van der Waals surface area (Å²) < 4.78 is 6.47. The topological polar surface area (TPSA) is 52.2 Å². The van der Waals surface area contributed by atoms with Crippen LogP contribution in [0.4, 0.5) is 0 Å². The van der Waals surface area contributed by atoms with Crippen LogP contribution in [0.15, 0.2) is 106 Å². The Kier molecular flexibility index (Phi) is 4.27. The van der Waals surface area contributed by atoms with Gasteiger partial charge in [0.15, 0.2) is 5.58 Å². The monoisotopic (exact) mass is 429 g/mol. The van der Waals surface area contributed by atoms with Crippen LogP contribution in [-0.2, 0) is 0 Å². The SMILES string of the molecule is Cc1ccc(-c2c(C(=O)n3c(=O)oc4ccccc43)ccc3ccccc23)c2ccccc12. The number of aromatic nitrogens is 1.